The van der Waals surface area contributed by atoms with Crippen LogP contribution in [-0.2, 0) is 11.2 Å². The first-order valence-electron chi connectivity index (χ1n) is 6.46. The third kappa shape index (κ3) is 2.89. The minimum Gasteiger partial charge on any atom is -0.356 e. The van der Waals surface area contributed by atoms with Crippen LogP contribution in [-0.4, -0.2) is 12.5 Å². The molecule has 2 heteroatoms. The first-order valence-corrected chi connectivity index (χ1v) is 6.46. The maximum atomic E-state index is 11.7. The predicted molar refractivity (Wildman–Crippen MR) is 75.5 cm³/mol. The molecule has 0 spiro atoms. The summed E-state index contributed by atoms with van der Waals surface area (Å²) in [5, 5.41) is 5.34. The van der Waals surface area contributed by atoms with Crippen LogP contribution in [0.15, 0.2) is 42.5 Å². The SMILES string of the molecule is CCNC(=O)C(C)Cc1ccc2ccccc2c1. The molecule has 2 aromatic carbocycles. The van der Waals surface area contributed by atoms with Gasteiger partial charge in [0.15, 0.2) is 0 Å². The van der Waals surface area contributed by atoms with Gasteiger partial charge >= 0.3 is 0 Å². The Morgan fingerprint density at radius 2 is 1.89 bits per heavy atom. The van der Waals surface area contributed by atoms with E-state index >= 15 is 0 Å². The van der Waals surface area contributed by atoms with E-state index in [1.165, 1.54) is 16.3 Å². The van der Waals surface area contributed by atoms with Crippen LogP contribution in [0, 0.1) is 5.92 Å². The quantitative estimate of drug-likeness (QED) is 0.875. The second kappa shape index (κ2) is 5.67. The Kier molecular flexibility index (Phi) is 3.98. The van der Waals surface area contributed by atoms with Crippen LogP contribution in [0.5, 0.6) is 0 Å². The molecule has 0 aromatic heterocycles. The van der Waals surface area contributed by atoms with Crippen molar-refractivity contribution in [3.8, 4) is 0 Å². The van der Waals surface area contributed by atoms with Gasteiger partial charge in [-0.1, -0.05) is 49.4 Å². The largest absolute Gasteiger partial charge is 0.356 e. The van der Waals surface area contributed by atoms with Crippen LogP contribution in [0.4, 0.5) is 0 Å². The number of amides is 1. The molecule has 1 atom stereocenters. The van der Waals surface area contributed by atoms with Gasteiger partial charge in [0.2, 0.25) is 5.91 Å². The third-order valence-electron chi connectivity index (χ3n) is 3.15. The normalized spacial score (nSPS) is 12.3. The van der Waals surface area contributed by atoms with E-state index in [2.05, 4.69) is 35.6 Å². The fourth-order valence-corrected chi connectivity index (χ4v) is 2.16. The van der Waals surface area contributed by atoms with E-state index < -0.39 is 0 Å². The average Bonchev–Trinajstić information content (AvgIpc) is 2.39. The van der Waals surface area contributed by atoms with Crippen molar-refractivity contribution in [2.45, 2.75) is 20.3 Å². The Labute approximate surface area is 108 Å². The van der Waals surface area contributed by atoms with Crippen molar-refractivity contribution in [1.29, 1.82) is 0 Å². The average molecular weight is 241 g/mol. The third-order valence-corrected chi connectivity index (χ3v) is 3.15. The lowest BCUT2D eigenvalue weighted by Crippen LogP contribution is -2.29. The minimum atomic E-state index is 0.0195. The Bertz CT molecular complexity index is 548. The number of rotatable bonds is 4. The molecule has 2 rings (SSSR count). The number of hydrogen-bond donors (Lipinski definition) is 1. The number of benzene rings is 2. The standard InChI is InChI=1S/C16H19NO/c1-3-17-16(18)12(2)10-13-8-9-14-6-4-5-7-15(14)11-13/h4-9,11-12H,3,10H2,1-2H3,(H,17,18). The number of nitrogens with one attached hydrogen (secondary N) is 1. The molecule has 0 heterocycles. The molecule has 0 saturated carbocycles. The van der Waals surface area contributed by atoms with Crippen molar-refractivity contribution in [3.63, 3.8) is 0 Å². The molecule has 1 amide bonds. The van der Waals surface area contributed by atoms with E-state index in [1.807, 2.05) is 26.0 Å². The van der Waals surface area contributed by atoms with Gasteiger partial charge in [-0.2, -0.15) is 0 Å². The second-order valence-electron chi connectivity index (χ2n) is 4.68. The van der Waals surface area contributed by atoms with Crippen molar-refractivity contribution in [1.82, 2.24) is 5.32 Å². The Hall–Kier alpha value is -1.83. The molecule has 0 aliphatic heterocycles. The van der Waals surface area contributed by atoms with Crippen molar-refractivity contribution >= 4 is 16.7 Å². The highest BCUT2D eigenvalue weighted by Crippen LogP contribution is 2.18. The highest BCUT2D eigenvalue weighted by atomic mass is 16.1. The summed E-state index contributed by atoms with van der Waals surface area (Å²) in [5.41, 5.74) is 1.22. The Morgan fingerprint density at radius 3 is 2.61 bits per heavy atom. The van der Waals surface area contributed by atoms with Crippen LogP contribution >= 0.6 is 0 Å². The zero-order valence-corrected chi connectivity index (χ0v) is 10.9. The lowest BCUT2D eigenvalue weighted by atomic mass is 9.98. The van der Waals surface area contributed by atoms with Crippen molar-refractivity contribution in [3.05, 3.63) is 48.0 Å². The monoisotopic (exact) mass is 241 g/mol. The lowest BCUT2D eigenvalue weighted by Gasteiger charge is -2.11. The zero-order valence-electron chi connectivity index (χ0n) is 10.9. The van der Waals surface area contributed by atoms with Gasteiger partial charge in [0.25, 0.3) is 0 Å². The molecule has 0 radical (unpaired) electrons. The summed E-state index contributed by atoms with van der Waals surface area (Å²) in [6.07, 6.45) is 0.788. The van der Waals surface area contributed by atoms with E-state index in [-0.39, 0.29) is 11.8 Å². The maximum Gasteiger partial charge on any atom is 0.223 e. The molecule has 2 nitrogen and oxygen atoms in total. The van der Waals surface area contributed by atoms with Gasteiger partial charge in [0, 0.05) is 12.5 Å². The van der Waals surface area contributed by atoms with Gasteiger partial charge in [-0.15, -0.1) is 0 Å². The van der Waals surface area contributed by atoms with Gasteiger partial charge in [-0.25, -0.2) is 0 Å². The fourth-order valence-electron chi connectivity index (χ4n) is 2.16. The van der Waals surface area contributed by atoms with Crippen LogP contribution in [0.25, 0.3) is 10.8 Å². The summed E-state index contributed by atoms with van der Waals surface area (Å²) in [5.74, 6) is 0.150. The highest BCUT2D eigenvalue weighted by molar-refractivity contribution is 5.83. The molecule has 18 heavy (non-hydrogen) atoms. The van der Waals surface area contributed by atoms with Gasteiger partial charge < -0.3 is 5.32 Å². The predicted octanol–water partition coefficient (Wildman–Crippen LogP) is 3.15. The molecule has 1 N–H and O–H groups in total. The molecular formula is C16H19NO. The number of carbonyl (C=O) groups excluding carboxylic acids is 1. The van der Waals surface area contributed by atoms with Crippen LogP contribution in [0.2, 0.25) is 0 Å². The summed E-state index contributed by atoms with van der Waals surface area (Å²) in [4.78, 5) is 11.7. The van der Waals surface area contributed by atoms with Crippen molar-refractivity contribution in [2.24, 2.45) is 5.92 Å². The van der Waals surface area contributed by atoms with E-state index in [4.69, 9.17) is 0 Å². The van der Waals surface area contributed by atoms with E-state index in [0.717, 1.165) is 6.42 Å². The summed E-state index contributed by atoms with van der Waals surface area (Å²) in [7, 11) is 0. The minimum absolute atomic E-state index is 0.0195. The van der Waals surface area contributed by atoms with Gasteiger partial charge in [0.1, 0.15) is 0 Å². The van der Waals surface area contributed by atoms with Crippen LogP contribution in [0.3, 0.4) is 0 Å². The lowest BCUT2D eigenvalue weighted by molar-refractivity contribution is -0.124. The molecule has 0 aliphatic carbocycles. The second-order valence-corrected chi connectivity index (χ2v) is 4.68. The van der Waals surface area contributed by atoms with Crippen molar-refractivity contribution < 1.29 is 4.79 Å². The van der Waals surface area contributed by atoms with Crippen LogP contribution in [0.1, 0.15) is 19.4 Å². The summed E-state index contributed by atoms with van der Waals surface area (Å²) < 4.78 is 0. The van der Waals surface area contributed by atoms with Gasteiger partial charge in [-0.05, 0) is 29.7 Å². The van der Waals surface area contributed by atoms with Crippen molar-refractivity contribution in [2.75, 3.05) is 6.54 Å². The fraction of sp³-hybridized carbons (Fsp3) is 0.312. The summed E-state index contributed by atoms with van der Waals surface area (Å²) in [6.45, 7) is 4.61. The number of fused-ring (bicyclic) bond motifs is 1. The van der Waals surface area contributed by atoms with E-state index in [1.54, 1.807) is 0 Å². The first kappa shape index (κ1) is 12.6. The van der Waals surface area contributed by atoms with Gasteiger partial charge in [-0.3, -0.25) is 4.79 Å². The Morgan fingerprint density at radius 1 is 1.17 bits per heavy atom. The molecular weight excluding hydrogens is 222 g/mol. The topological polar surface area (TPSA) is 29.1 Å². The summed E-state index contributed by atoms with van der Waals surface area (Å²) >= 11 is 0. The van der Waals surface area contributed by atoms with E-state index in [9.17, 15) is 4.79 Å². The number of carbonyl (C=O) groups is 1. The number of hydrogen-bond acceptors (Lipinski definition) is 1. The Balaban J connectivity index is 2.14. The van der Waals surface area contributed by atoms with E-state index in [0.29, 0.717) is 6.54 Å². The molecule has 0 saturated heterocycles. The molecule has 0 fully saturated rings. The molecule has 1 unspecified atom stereocenters. The first-order chi connectivity index (χ1) is 8.70. The zero-order chi connectivity index (χ0) is 13.0. The maximum absolute atomic E-state index is 11.7. The molecule has 94 valence electrons. The summed E-state index contributed by atoms with van der Waals surface area (Å²) in [6, 6.07) is 14.7. The van der Waals surface area contributed by atoms with Crippen LogP contribution < -0.4 is 5.32 Å². The van der Waals surface area contributed by atoms with Gasteiger partial charge in [0.05, 0.1) is 0 Å². The molecule has 2 aromatic rings. The smallest absolute Gasteiger partial charge is 0.223 e. The highest BCUT2D eigenvalue weighted by Gasteiger charge is 2.12. The molecule has 0 bridgehead atoms. The molecule has 0 aliphatic rings.